The molecule has 2 amide bonds. The number of nitrogens with zero attached hydrogens (tertiary/aromatic N) is 3. The Kier molecular flexibility index (Phi) is 8.38. The molecule has 0 N–H and O–H groups in total. The second-order valence-corrected chi connectivity index (χ2v) is 9.93. The number of morpholine rings is 1. The van der Waals surface area contributed by atoms with E-state index in [1.807, 2.05) is 18.2 Å². The maximum absolute atomic E-state index is 12.8. The smallest absolute Gasteiger partial charge is 0.266 e. The number of ether oxygens (including phenoxy) is 3. The lowest BCUT2D eigenvalue weighted by Gasteiger charge is -2.26. The molecule has 2 aromatic rings. The molecule has 2 heterocycles. The number of carbonyl (C=O) groups excluding carboxylic acids is 2. The van der Waals surface area contributed by atoms with Gasteiger partial charge in [0.25, 0.3) is 11.8 Å². The van der Waals surface area contributed by atoms with Gasteiger partial charge in [0.05, 0.1) is 35.9 Å². The van der Waals surface area contributed by atoms with Crippen LogP contribution < -0.4 is 9.47 Å². The molecule has 0 radical (unpaired) electrons. The maximum Gasteiger partial charge on any atom is 0.266 e. The average Bonchev–Trinajstić information content (AvgIpc) is 3.13. The van der Waals surface area contributed by atoms with Crippen LogP contribution in [-0.2, 0) is 14.3 Å². The summed E-state index contributed by atoms with van der Waals surface area (Å²) in [5.74, 6) is 0.660. The number of aliphatic imine (C=N–C) groups is 1. The first-order valence-electron chi connectivity index (χ1n) is 10.7. The Morgan fingerprint density at radius 2 is 2.00 bits per heavy atom. The summed E-state index contributed by atoms with van der Waals surface area (Å²) in [6.45, 7) is 2.11. The Morgan fingerprint density at radius 1 is 1.23 bits per heavy atom. The Labute approximate surface area is 221 Å². The monoisotopic (exact) mass is 579 g/mol. The minimum atomic E-state index is -0.160. The van der Waals surface area contributed by atoms with Crippen molar-refractivity contribution in [3.63, 3.8) is 0 Å². The molecular formula is C24H23BrClN3O5S. The fourth-order valence-corrected chi connectivity index (χ4v) is 4.81. The van der Waals surface area contributed by atoms with E-state index in [4.69, 9.17) is 25.8 Å². The Bertz CT molecular complexity index is 1200. The van der Waals surface area contributed by atoms with Crippen molar-refractivity contribution in [2.24, 2.45) is 4.99 Å². The molecule has 2 fully saturated rings. The van der Waals surface area contributed by atoms with E-state index < -0.39 is 0 Å². The van der Waals surface area contributed by atoms with Crippen molar-refractivity contribution < 1.29 is 23.8 Å². The minimum Gasteiger partial charge on any atom is -0.493 e. The van der Waals surface area contributed by atoms with E-state index in [1.165, 1.54) is 23.8 Å². The number of halogens is 2. The summed E-state index contributed by atoms with van der Waals surface area (Å²) in [6, 6.07) is 10.7. The Balaban J connectivity index is 1.47. The molecule has 0 bridgehead atoms. The Morgan fingerprint density at radius 3 is 2.71 bits per heavy atom. The molecule has 0 unspecified atom stereocenters. The molecule has 4 rings (SSSR count). The van der Waals surface area contributed by atoms with Crippen molar-refractivity contribution in [2.45, 2.75) is 0 Å². The SMILES string of the molecule is COc1cc(/C=C2\SC(=Nc3ccc(Br)c(Cl)c3)N(C)C2=O)ccc1OCC(=O)N1CCOCC1. The zero-order valence-corrected chi connectivity index (χ0v) is 22.3. The van der Waals surface area contributed by atoms with Crippen LogP contribution in [0.1, 0.15) is 5.56 Å². The molecule has 11 heteroatoms. The van der Waals surface area contributed by atoms with Crippen LogP contribution in [0.5, 0.6) is 11.5 Å². The molecular weight excluding hydrogens is 558 g/mol. The molecule has 184 valence electrons. The summed E-state index contributed by atoms with van der Waals surface area (Å²) in [5, 5.41) is 1.09. The number of hydrogen-bond acceptors (Lipinski definition) is 7. The van der Waals surface area contributed by atoms with Crippen molar-refractivity contribution in [1.29, 1.82) is 0 Å². The third-order valence-corrected chi connectivity index (χ3v) is 7.62. The van der Waals surface area contributed by atoms with Gasteiger partial charge < -0.3 is 19.1 Å². The number of likely N-dealkylation sites (N-methyl/N-ethyl adjacent to an activating group) is 1. The highest BCUT2D eigenvalue weighted by atomic mass is 79.9. The van der Waals surface area contributed by atoms with Gasteiger partial charge in [-0.3, -0.25) is 14.5 Å². The zero-order chi connectivity index (χ0) is 24.9. The molecule has 0 spiro atoms. The summed E-state index contributed by atoms with van der Waals surface area (Å²) < 4.78 is 17.2. The van der Waals surface area contributed by atoms with Crippen LogP contribution >= 0.6 is 39.3 Å². The van der Waals surface area contributed by atoms with E-state index in [0.29, 0.717) is 58.6 Å². The van der Waals surface area contributed by atoms with Crippen molar-refractivity contribution in [3.05, 3.63) is 56.4 Å². The van der Waals surface area contributed by atoms with Gasteiger partial charge in [-0.25, -0.2) is 4.99 Å². The highest BCUT2D eigenvalue weighted by molar-refractivity contribution is 9.10. The summed E-state index contributed by atoms with van der Waals surface area (Å²) in [7, 11) is 3.21. The predicted octanol–water partition coefficient (Wildman–Crippen LogP) is 4.58. The number of amidine groups is 1. The first kappa shape index (κ1) is 25.6. The summed E-state index contributed by atoms with van der Waals surface area (Å²) in [6.07, 6.45) is 1.77. The number of benzene rings is 2. The molecule has 2 aliphatic heterocycles. The summed E-state index contributed by atoms with van der Waals surface area (Å²) in [4.78, 5) is 33.5. The number of carbonyl (C=O) groups is 2. The number of methoxy groups -OCH3 is 1. The highest BCUT2D eigenvalue weighted by Crippen LogP contribution is 2.36. The minimum absolute atomic E-state index is 0.0875. The van der Waals surface area contributed by atoms with Gasteiger partial charge in [0.1, 0.15) is 0 Å². The van der Waals surface area contributed by atoms with Gasteiger partial charge in [0, 0.05) is 24.6 Å². The van der Waals surface area contributed by atoms with Gasteiger partial charge >= 0.3 is 0 Å². The molecule has 8 nitrogen and oxygen atoms in total. The van der Waals surface area contributed by atoms with E-state index >= 15 is 0 Å². The van der Waals surface area contributed by atoms with Gasteiger partial charge in [-0.15, -0.1) is 0 Å². The maximum atomic E-state index is 12.8. The third-order valence-electron chi connectivity index (χ3n) is 5.33. The first-order valence-corrected chi connectivity index (χ1v) is 12.7. The summed E-state index contributed by atoms with van der Waals surface area (Å²) >= 11 is 10.8. The van der Waals surface area contributed by atoms with E-state index in [-0.39, 0.29) is 18.4 Å². The van der Waals surface area contributed by atoms with E-state index in [1.54, 1.807) is 36.2 Å². The third kappa shape index (κ3) is 6.19. The van der Waals surface area contributed by atoms with Crippen molar-refractivity contribution in [3.8, 4) is 11.5 Å². The predicted molar refractivity (Wildman–Crippen MR) is 140 cm³/mol. The topological polar surface area (TPSA) is 80.7 Å². The average molecular weight is 581 g/mol. The van der Waals surface area contributed by atoms with E-state index in [0.717, 1.165) is 10.0 Å². The molecule has 35 heavy (non-hydrogen) atoms. The highest BCUT2D eigenvalue weighted by Gasteiger charge is 2.30. The van der Waals surface area contributed by atoms with Crippen molar-refractivity contribution >= 4 is 68.0 Å². The van der Waals surface area contributed by atoms with E-state index in [2.05, 4.69) is 20.9 Å². The quantitative estimate of drug-likeness (QED) is 0.466. The fourth-order valence-electron chi connectivity index (χ4n) is 3.40. The largest absolute Gasteiger partial charge is 0.493 e. The van der Waals surface area contributed by atoms with Crippen LogP contribution in [0, 0.1) is 0 Å². The molecule has 2 aliphatic rings. The zero-order valence-electron chi connectivity index (χ0n) is 19.1. The lowest BCUT2D eigenvalue weighted by molar-refractivity contribution is -0.137. The number of thioether (sulfide) groups is 1. The molecule has 0 atom stereocenters. The van der Waals surface area contributed by atoms with Crippen molar-refractivity contribution in [2.75, 3.05) is 47.1 Å². The number of amides is 2. The van der Waals surface area contributed by atoms with Gasteiger partial charge in [-0.05, 0) is 69.7 Å². The lowest BCUT2D eigenvalue weighted by Crippen LogP contribution is -2.43. The van der Waals surface area contributed by atoms with Gasteiger partial charge in [-0.1, -0.05) is 17.7 Å². The molecule has 0 aromatic heterocycles. The van der Waals surface area contributed by atoms with Gasteiger partial charge in [-0.2, -0.15) is 0 Å². The van der Waals surface area contributed by atoms with Crippen LogP contribution in [0.4, 0.5) is 5.69 Å². The van der Waals surface area contributed by atoms with E-state index in [9.17, 15) is 9.59 Å². The summed E-state index contributed by atoms with van der Waals surface area (Å²) in [5.41, 5.74) is 1.40. The molecule has 2 aromatic carbocycles. The van der Waals surface area contributed by atoms with Crippen LogP contribution in [0.25, 0.3) is 6.08 Å². The van der Waals surface area contributed by atoms with Crippen LogP contribution in [0.15, 0.2) is 50.8 Å². The first-order chi connectivity index (χ1) is 16.9. The van der Waals surface area contributed by atoms with Crippen molar-refractivity contribution in [1.82, 2.24) is 9.80 Å². The molecule has 2 saturated heterocycles. The molecule has 0 aliphatic carbocycles. The van der Waals surface area contributed by atoms with Crippen LogP contribution in [-0.4, -0.2) is 73.8 Å². The second-order valence-electron chi connectivity index (χ2n) is 7.66. The fraction of sp³-hybridized carbons (Fsp3) is 0.292. The normalized spacial score (nSPS) is 18.5. The standard InChI is InChI=1S/C24H23BrClN3O5S/c1-28-23(31)21(35-24(28)27-16-4-5-17(25)18(26)13-16)12-15-3-6-19(20(11-15)32-2)34-14-22(30)29-7-9-33-10-8-29/h3-6,11-13H,7-10,14H2,1-2H3/b21-12-,27-24?. The van der Waals surface area contributed by atoms with Gasteiger partial charge in [0.2, 0.25) is 0 Å². The second kappa shape index (κ2) is 11.5. The number of rotatable bonds is 6. The van der Waals surface area contributed by atoms with Gasteiger partial charge in [0.15, 0.2) is 23.3 Å². The van der Waals surface area contributed by atoms with Crippen LogP contribution in [0.2, 0.25) is 5.02 Å². The van der Waals surface area contributed by atoms with Crippen LogP contribution in [0.3, 0.4) is 0 Å². The number of hydrogen-bond donors (Lipinski definition) is 0. The molecule has 0 saturated carbocycles. The lowest BCUT2D eigenvalue weighted by atomic mass is 10.2. The Hall–Kier alpha value is -2.53.